The minimum absolute atomic E-state index is 0.0146. The number of rotatable bonds is 3. The zero-order valence-electron chi connectivity index (χ0n) is 15.1. The topological polar surface area (TPSA) is 71.1 Å². The number of hydrogen-bond donors (Lipinski definition) is 1. The van der Waals surface area contributed by atoms with Crippen molar-refractivity contribution in [3.63, 3.8) is 0 Å². The Morgan fingerprint density at radius 2 is 1.93 bits per heavy atom. The SMILES string of the molecule is O=C1COC2CCN(C(=O)N3CCC(OCc4ccc(Cl)cc4)C3)CC2N1. The summed E-state index contributed by atoms with van der Waals surface area (Å²) in [5.41, 5.74) is 1.07. The second-order valence-electron chi connectivity index (χ2n) is 7.33. The van der Waals surface area contributed by atoms with Crippen molar-refractivity contribution in [1.29, 1.82) is 0 Å². The molecule has 27 heavy (non-hydrogen) atoms. The molecule has 4 rings (SSSR count). The molecule has 3 unspecified atom stereocenters. The molecular weight excluding hydrogens is 370 g/mol. The van der Waals surface area contributed by atoms with Crippen LogP contribution in [-0.2, 0) is 20.9 Å². The van der Waals surface area contributed by atoms with Gasteiger partial charge >= 0.3 is 6.03 Å². The van der Waals surface area contributed by atoms with E-state index in [0.717, 1.165) is 18.4 Å². The first-order valence-electron chi connectivity index (χ1n) is 9.39. The molecule has 3 aliphatic heterocycles. The molecule has 3 amide bonds. The van der Waals surface area contributed by atoms with Gasteiger partial charge in [0.1, 0.15) is 6.61 Å². The number of benzene rings is 1. The molecule has 0 aliphatic carbocycles. The first-order valence-corrected chi connectivity index (χ1v) is 9.77. The maximum absolute atomic E-state index is 12.8. The summed E-state index contributed by atoms with van der Waals surface area (Å²) in [6.45, 7) is 3.08. The molecule has 7 nitrogen and oxygen atoms in total. The van der Waals surface area contributed by atoms with Crippen LogP contribution < -0.4 is 5.32 Å². The maximum Gasteiger partial charge on any atom is 0.320 e. The molecule has 3 heterocycles. The average molecular weight is 394 g/mol. The van der Waals surface area contributed by atoms with Crippen molar-refractivity contribution in [3.05, 3.63) is 34.9 Å². The lowest BCUT2D eigenvalue weighted by atomic mass is 10.0. The van der Waals surface area contributed by atoms with Gasteiger partial charge in [-0.2, -0.15) is 0 Å². The van der Waals surface area contributed by atoms with Gasteiger partial charge < -0.3 is 24.6 Å². The predicted octanol–water partition coefficient (Wildman–Crippen LogP) is 1.64. The quantitative estimate of drug-likeness (QED) is 0.847. The maximum atomic E-state index is 12.8. The van der Waals surface area contributed by atoms with Gasteiger partial charge in [-0.25, -0.2) is 4.79 Å². The fourth-order valence-corrected chi connectivity index (χ4v) is 4.03. The Hall–Kier alpha value is -1.83. The average Bonchev–Trinajstić information content (AvgIpc) is 3.15. The third-order valence-electron chi connectivity index (χ3n) is 5.41. The van der Waals surface area contributed by atoms with Gasteiger partial charge in [0, 0.05) is 31.2 Å². The fourth-order valence-electron chi connectivity index (χ4n) is 3.91. The van der Waals surface area contributed by atoms with Gasteiger partial charge in [-0.05, 0) is 30.5 Å². The lowest BCUT2D eigenvalue weighted by Crippen LogP contribution is -2.62. The molecule has 3 fully saturated rings. The van der Waals surface area contributed by atoms with Gasteiger partial charge in [0.15, 0.2) is 0 Å². The molecule has 1 aromatic carbocycles. The number of halogens is 1. The van der Waals surface area contributed by atoms with Crippen molar-refractivity contribution in [3.8, 4) is 0 Å². The molecule has 1 N–H and O–H groups in total. The highest BCUT2D eigenvalue weighted by Crippen LogP contribution is 2.22. The molecular formula is C19H24ClN3O4. The number of carbonyl (C=O) groups is 2. The summed E-state index contributed by atoms with van der Waals surface area (Å²) in [5.74, 6) is -0.109. The van der Waals surface area contributed by atoms with Crippen LogP contribution in [0.4, 0.5) is 4.79 Å². The number of piperidine rings is 1. The second kappa shape index (κ2) is 8.04. The Bertz CT molecular complexity index is 699. The highest BCUT2D eigenvalue weighted by molar-refractivity contribution is 6.30. The number of nitrogens with zero attached hydrogens (tertiary/aromatic N) is 2. The summed E-state index contributed by atoms with van der Waals surface area (Å²) >= 11 is 5.90. The van der Waals surface area contributed by atoms with Crippen LogP contribution in [0, 0.1) is 0 Å². The number of hydrogen-bond acceptors (Lipinski definition) is 4. The van der Waals surface area contributed by atoms with E-state index in [1.165, 1.54) is 0 Å². The van der Waals surface area contributed by atoms with E-state index in [4.69, 9.17) is 21.1 Å². The molecule has 1 aromatic rings. The third kappa shape index (κ3) is 4.36. The molecule has 0 saturated carbocycles. The molecule has 0 radical (unpaired) electrons. The summed E-state index contributed by atoms with van der Waals surface area (Å²) in [6.07, 6.45) is 1.64. The Balaban J connectivity index is 1.26. The smallest absolute Gasteiger partial charge is 0.320 e. The number of ether oxygens (including phenoxy) is 2. The van der Waals surface area contributed by atoms with Gasteiger partial charge in [0.2, 0.25) is 5.91 Å². The Morgan fingerprint density at radius 1 is 1.19 bits per heavy atom. The van der Waals surface area contributed by atoms with E-state index in [2.05, 4.69) is 5.32 Å². The fraction of sp³-hybridized carbons (Fsp3) is 0.579. The van der Waals surface area contributed by atoms with Gasteiger partial charge in [0.25, 0.3) is 0 Å². The summed E-state index contributed by atoms with van der Waals surface area (Å²) in [6, 6.07) is 7.51. The number of urea groups is 1. The molecule has 8 heteroatoms. The first kappa shape index (κ1) is 18.5. The lowest BCUT2D eigenvalue weighted by Gasteiger charge is -2.42. The summed E-state index contributed by atoms with van der Waals surface area (Å²) in [4.78, 5) is 28.0. The Morgan fingerprint density at radius 3 is 2.74 bits per heavy atom. The van der Waals surface area contributed by atoms with E-state index < -0.39 is 0 Å². The number of morpholine rings is 1. The van der Waals surface area contributed by atoms with Crippen LogP contribution in [0.3, 0.4) is 0 Å². The van der Waals surface area contributed by atoms with E-state index in [-0.39, 0.29) is 36.8 Å². The Labute approximate surface area is 163 Å². The van der Waals surface area contributed by atoms with Crippen molar-refractivity contribution in [2.75, 3.05) is 32.8 Å². The van der Waals surface area contributed by atoms with E-state index >= 15 is 0 Å². The van der Waals surface area contributed by atoms with Gasteiger partial charge in [-0.1, -0.05) is 23.7 Å². The second-order valence-corrected chi connectivity index (χ2v) is 7.77. The summed E-state index contributed by atoms with van der Waals surface area (Å²) < 4.78 is 11.5. The van der Waals surface area contributed by atoms with E-state index in [9.17, 15) is 9.59 Å². The lowest BCUT2D eigenvalue weighted by molar-refractivity contribution is -0.139. The van der Waals surface area contributed by atoms with Crippen molar-refractivity contribution in [2.24, 2.45) is 0 Å². The molecule has 0 spiro atoms. The van der Waals surface area contributed by atoms with Crippen molar-refractivity contribution in [2.45, 2.75) is 37.7 Å². The van der Waals surface area contributed by atoms with Crippen molar-refractivity contribution >= 4 is 23.5 Å². The predicted molar refractivity (Wildman–Crippen MR) is 99.5 cm³/mol. The van der Waals surface area contributed by atoms with Crippen molar-refractivity contribution < 1.29 is 19.1 Å². The van der Waals surface area contributed by atoms with E-state index in [1.54, 1.807) is 0 Å². The van der Waals surface area contributed by atoms with Crippen LogP contribution in [0.25, 0.3) is 0 Å². The molecule has 0 bridgehead atoms. The normalized spacial score (nSPS) is 28.0. The highest BCUT2D eigenvalue weighted by Gasteiger charge is 2.38. The number of nitrogens with one attached hydrogen (secondary N) is 1. The summed E-state index contributed by atoms with van der Waals surface area (Å²) in [5, 5.41) is 3.64. The number of fused-ring (bicyclic) bond motifs is 1. The number of amides is 3. The zero-order valence-corrected chi connectivity index (χ0v) is 15.9. The van der Waals surface area contributed by atoms with Gasteiger partial charge in [0.05, 0.1) is 24.9 Å². The third-order valence-corrected chi connectivity index (χ3v) is 5.66. The van der Waals surface area contributed by atoms with Crippen LogP contribution in [0.2, 0.25) is 5.02 Å². The van der Waals surface area contributed by atoms with Crippen molar-refractivity contribution in [1.82, 2.24) is 15.1 Å². The largest absolute Gasteiger partial charge is 0.372 e. The monoisotopic (exact) mass is 393 g/mol. The molecule has 3 saturated heterocycles. The number of likely N-dealkylation sites (tertiary alicyclic amines) is 2. The van der Waals surface area contributed by atoms with Crippen LogP contribution in [0.5, 0.6) is 0 Å². The minimum atomic E-state index is -0.109. The minimum Gasteiger partial charge on any atom is -0.372 e. The van der Waals surface area contributed by atoms with E-state index in [0.29, 0.717) is 37.8 Å². The van der Waals surface area contributed by atoms with Gasteiger partial charge in [-0.15, -0.1) is 0 Å². The summed E-state index contributed by atoms with van der Waals surface area (Å²) in [7, 11) is 0. The Kier molecular flexibility index (Phi) is 5.52. The highest BCUT2D eigenvalue weighted by atomic mass is 35.5. The molecule has 0 aromatic heterocycles. The van der Waals surface area contributed by atoms with E-state index in [1.807, 2.05) is 34.1 Å². The zero-order chi connectivity index (χ0) is 18.8. The number of carbonyl (C=O) groups excluding carboxylic acids is 2. The van der Waals surface area contributed by atoms with Gasteiger partial charge in [-0.3, -0.25) is 4.79 Å². The van der Waals surface area contributed by atoms with Crippen LogP contribution in [0.1, 0.15) is 18.4 Å². The molecule has 146 valence electrons. The van der Waals surface area contributed by atoms with Crippen LogP contribution >= 0.6 is 11.6 Å². The van der Waals surface area contributed by atoms with Crippen LogP contribution in [-0.4, -0.2) is 72.8 Å². The standard InChI is InChI=1S/C19H24ClN3O4/c20-14-3-1-13(2-4-14)11-26-15-5-7-22(9-15)19(25)23-8-6-17-16(10-23)21-18(24)12-27-17/h1-4,15-17H,5-12H2,(H,21,24). The molecule has 3 atom stereocenters. The van der Waals surface area contributed by atoms with Crippen LogP contribution in [0.15, 0.2) is 24.3 Å². The first-order chi connectivity index (χ1) is 13.1. The molecule has 3 aliphatic rings.